The summed E-state index contributed by atoms with van der Waals surface area (Å²) >= 11 is 1.66. The Labute approximate surface area is 153 Å². The number of rotatable bonds is 5. The molecule has 4 atom stereocenters. The van der Waals surface area contributed by atoms with Crippen molar-refractivity contribution in [2.24, 2.45) is 17.8 Å². The van der Waals surface area contributed by atoms with E-state index in [4.69, 9.17) is 0 Å². The normalized spacial score (nSPS) is 25.9. The molecule has 2 aromatic rings. The fraction of sp³-hybridized carbons (Fsp3) is 0.524. The van der Waals surface area contributed by atoms with Crippen LogP contribution in [0.5, 0.6) is 0 Å². The molecule has 25 heavy (non-hydrogen) atoms. The van der Waals surface area contributed by atoms with Crippen molar-refractivity contribution in [1.29, 1.82) is 0 Å². The van der Waals surface area contributed by atoms with Gasteiger partial charge in [0.25, 0.3) is 0 Å². The van der Waals surface area contributed by atoms with Gasteiger partial charge in [-0.05, 0) is 56.4 Å². The summed E-state index contributed by atoms with van der Waals surface area (Å²) in [6.45, 7) is 4.21. The van der Waals surface area contributed by atoms with Crippen LogP contribution in [0.1, 0.15) is 43.2 Å². The zero-order valence-electron chi connectivity index (χ0n) is 15.0. The van der Waals surface area contributed by atoms with Crippen molar-refractivity contribution < 1.29 is 4.79 Å². The van der Waals surface area contributed by atoms with Gasteiger partial charge in [-0.25, -0.2) is 4.98 Å². The average molecular weight is 355 g/mol. The van der Waals surface area contributed by atoms with Crippen LogP contribution >= 0.6 is 11.3 Å². The number of carbonyl (C=O) groups is 1. The van der Waals surface area contributed by atoms with Gasteiger partial charge in [0.2, 0.25) is 5.91 Å². The number of thiazole rings is 1. The summed E-state index contributed by atoms with van der Waals surface area (Å²) in [5.41, 5.74) is 3.20. The van der Waals surface area contributed by atoms with Crippen molar-refractivity contribution in [2.45, 2.75) is 52.0 Å². The number of carbonyl (C=O) groups excluding carboxylic acids is 1. The van der Waals surface area contributed by atoms with Crippen LogP contribution in [-0.2, 0) is 11.2 Å². The molecule has 4 unspecified atom stereocenters. The minimum Gasteiger partial charge on any atom is -0.353 e. The first kappa shape index (κ1) is 16.8. The Morgan fingerprint density at radius 2 is 2.08 bits per heavy atom. The highest BCUT2D eigenvalue weighted by molar-refractivity contribution is 7.09. The maximum Gasteiger partial charge on any atom is 0.224 e. The zero-order chi connectivity index (χ0) is 17.4. The maximum atomic E-state index is 12.4. The molecule has 2 aliphatic carbocycles. The highest BCUT2D eigenvalue weighted by atomic mass is 32.1. The van der Waals surface area contributed by atoms with Crippen molar-refractivity contribution in [1.82, 2.24) is 10.3 Å². The highest BCUT2D eigenvalue weighted by Crippen LogP contribution is 2.49. The summed E-state index contributed by atoms with van der Waals surface area (Å²) < 4.78 is 0. The number of aromatic nitrogens is 1. The van der Waals surface area contributed by atoms with Gasteiger partial charge in [-0.3, -0.25) is 4.79 Å². The molecule has 2 fully saturated rings. The lowest BCUT2D eigenvalue weighted by atomic mass is 9.84. The molecule has 0 spiro atoms. The average Bonchev–Trinajstić information content (AvgIpc) is 3.32. The Hall–Kier alpha value is -1.68. The van der Waals surface area contributed by atoms with Crippen LogP contribution in [0.2, 0.25) is 0 Å². The Morgan fingerprint density at radius 3 is 2.68 bits per heavy atom. The van der Waals surface area contributed by atoms with Gasteiger partial charge in [-0.2, -0.15) is 0 Å². The Bertz CT molecular complexity index is 752. The van der Waals surface area contributed by atoms with Gasteiger partial charge >= 0.3 is 0 Å². The van der Waals surface area contributed by atoms with Gasteiger partial charge in [-0.1, -0.05) is 30.7 Å². The number of fused-ring (bicyclic) bond motifs is 2. The highest BCUT2D eigenvalue weighted by Gasteiger charge is 2.42. The van der Waals surface area contributed by atoms with Crippen LogP contribution in [0.25, 0.3) is 11.3 Å². The summed E-state index contributed by atoms with van der Waals surface area (Å²) in [6.07, 6.45) is 5.94. The first-order chi connectivity index (χ1) is 12.1. The fourth-order valence-electron chi connectivity index (χ4n) is 4.79. The van der Waals surface area contributed by atoms with Crippen LogP contribution < -0.4 is 5.32 Å². The molecule has 0 aliphatic heterocycles. The Morgan fingerprint density at radius 1 is 1.28 bits per heavy atom. The van der Waals surface area contributed by atoms with Gasteiger partial charge in [0.05, 0.1) is 17.1 Å². The largest absolute Gasteiger partial charge is 0.353 e. The fourth-order valence-corrected chi connectivity index (χ4v) is 5.42. The van der Waals surface area contributed by atoms with E-state index in [0.29, 0.717) is 18.4 Å². The number of aryl methyl sites for hydroxylation is 1. The van der Waals surface area contributed by atoms with E-state index in [0.717, 1.165) is 33.7 Å². The van der Waals surface area contributed by atoms with Gasteiger partial charge in [0, 0.05) is 17.0 Å². The SMILES string of the molecule is Cc1nc(-c2ccc(CC(=O)NC(C)C3CC4CCC3C4)cc2)cs1. The third-order valence-corrected chi connectivity index (χ3v) is 6.83. The number of benzene rings is 1. The van der Waals surface area contributed by atoms with Gasteiger partial charge in [0.15, 0.2) is 0 Å². The monoisotopic (exact) mass is 354 g/mol. The molecule has 1 aromatic carbocycles. The lowest BCUT2D eigenvalue weighted by Crippen LogP contribution is -2.40. The van der Waals surface area contributed by atoms with Crippen molar-refractivity contribution in [3.63, 3.8) is 0 Å². The maximum absolute atomic E-state index is 12.4. The van der Waals surface area contributed by atoms with Crippen LogP contribution in [0.4, 0.5) is 0 Å². The zero-order valence-corrected chi connectivity index (χ0v) is 15.8. The third kappa shape index (κ3) is 3.64. The number of hydrogen-bond donors (Lipinski definition) is 1. The standard InChI is InChI=1S/C21H26N2OS/c1-13(19-10-16-5-8-18(19)9-16)22-21(24)11-15-3-6-17(7-4-15)20-12-25-14(2)23-20/h3-4,6-7,12-13,16,18-19H,5,8-11H2,1-2H3,(H,22,24). The van der Waals surface area contributed by atoms with E-state index in [1.165, 1.54) is 25.7 Å². The lowest BCUT2D eigenvalue weighted by molar-refractivity contribution is -0.121. The molecule has 0 saturated heterocycles. The number of hydrogen-bond acceptors (Lipinski definition) is 3. The number of nitrogens with zero attached hydrogens (tertiary/aromatic N) is 1. The Kier molecular flexibility index (Phi) is 4.63. The molecule has 1 heterocycles. The second kappa shape index (κ2) is 6.91. The van der Waals surface area contributed by atoms with E-state index >= 15 is 0 Å². The summed E-state index contributed by atoms with van der Waals surface area (Å²) in [7, 11) is 0. The molecule has 4 rings (SSSR count). The number of nitrogens with one attached hydrogen (secondary N) is 1. The van der Waals surface area contributed by atoms with Gasteiger partial charge < -0.3 is 5.32 Å². The van der Waals surface area contributed by atoms with Crippen LogP contribution in [0.3, 0.4) is 0 Å². The van der Waals surface area contributed by atoms with E-state index in [-0.39, 0.29) is 5.91 Å². The van der Waals surface area contributed by atoms with E-state index in [1.54, 1.807) is 11.3 Å². The topological polar surface area (TPSA) is 42.0 Å². The second-order valence-electron chi connectivity index (χ2n) is 7.82. The van der Waals surface area contributed by atoms with Crippen molar-refractivity contribution in [3.8, 4) is 11.3 Å². The van der Waals surface area contributed by atoms with Gasteiger partial charge in [0.1, 0.15) is 0 Å². The lowest BCUT2D eigenvalue weighted by Gasteiger charge is -2.28. The molecule has 2 saturated carbocycles. The molecule has 3 nitrogen and oxygen atoms in total. The van der Waals surface area contributed by atoms with E-state index < -0.39 is 0 Å². The molecular formula is C21H26N2OS. The van der Waals surface area contributed by atoms with Crippen molar-refractivity contribution in [3.05, 3.63) is 40.2 Å². The van der Waals surface area contributed by atoms with Crippen LogP contribution in [0.15, 0.2) is 29.6 Å². The van der Waals surface area contributed by atoms with E-state index in [9.17, 15) is 4.79 Å². The van der Waals surface area contributed by atoms with Crippen molar-refractivity contribution >= 4 is 17.2 Å². The van der Waals surface area contributed by atoms with E-state index in [1.807, 2.05) is 19.1 Å². The van der Waals surface area contributed by atoms with Gasteiger partial charge in [-0.15, -0.1) is 11.3 Å². The summed E-state index contributed by atoms with van der Waals surface area (Å²) in [5.74, 6) is 2.61. The predicted octanol–water partition coefficient (Wildman–Crippen LogP) is 4.60. The Balaban J connectivity index is 1.33. The summed E-state index contributed by atoms with van der Waals surface area (Å²) in [5, 5.41) is 6.41. The van der Waals surface area contributed by atoms with Crippen LogP contribution in [-0.4, -0.2) is 16.9 Å². The molecule has 1 N–H and O–H groups in total. The molecule has 132 valence electrons. The minimum absolute atomic E-state index is 0.146. The molecule has 1 aromatic heterocycles. The quantitative estimate of drug-likeness (QED) is 0.852. The predicted molar refractivity (Wildman–Crippen MR) is 103 cm³/mol. The summed E-state index contributed by atoms with van der Waals surface area (Å²) in [4.78, 5) is 16.9. The molecule has 2 bridgehead atoms. The van der Waals surface area contributed by atoms with E-state index in [2.05, 4.69) is 34.7 Å². The molecular weight excluding hydrogens is 328 g/mol. The molecule has 2 aliphatic rings. The first-order valence-corrected chi connectivity index (χ1v) is 10.3. The summed E-state index contributed by atoms with van der Waals surface area (Å²) in [6, 6.07) is 8.53. The smallest absolute Gasteiger partial charge is 0.224 e. The number of amides is 1. The first-order valence-electron chi connectivity index (χ1n) is 9.39. The second-order valence-corrected chi connectivity index (χ2v) is 8.88. The molecule has 1 amide bonds. The third-order valence-electron chi connectivity index (χ3n) is 6.06. The minimum atomic E-state index is 0.146. The molecule has 4 heteroatoms. The molecule has 0 radical (unpaired) electrons. The van der Waals surface area contributed by atoms with Crippen LogP contribution in [0, 0.1) is 24.7 Å². The van der Waals surface area contributed by atoms with Crippen molar-refractivity contribution in [2.75, 3.05) is 0 Å².